The maximum Gasteiger partial charge on any atom is 0.289 e. The molecule has 1 aliphatic carbocycles. The van der Waals surface area contributed by atoms with Crippen molar-refractivity contribution in [2.45, 2.75) is 24.7 Å². The lowest BCUT2D eigenvalue weighted by Crippen LogP contribution is -2.32. The Hall–Kier alpha value is -1.86. The van der Waals surface area contributed by atoms with Crippen LogP contribution in [0.1, 0.15) is 30.3 Å². The third-order valence-corrected chi connectivity index (χ3v) is 6.13. The van der Waals surface area contributed by atoms with Gasteiger partial charge < -0.3 is 9.32 Å². The molecule has 130 valence electrons. The quantitative estimate of drug-likeness (QED) is 0.803. The van der Waals surface area contributed by atoms with Crippen LogP contribution < -0.4 is 0 Å². The van der Waals surface area contributed by atoms with Crippen LogP contribution in [0.25, 0.3) is 11.0 Å². The Morgan fingerprint density at radius 3 is 2.54 bits per heavy atom. The first-order valence-corrected chi connectivity index (χ1v) is 9.52. The monoisotopic (exact) mass is 350 g/mol. The van der Waals surface area contributed by atoms with Crippen molar-refractivity contribution in [2.75, 3.05) is 27.2 Å². The molecular formula is C17H22N2O4S. The second-order valence-corrected chi connectivity index (χ2v) is 8.54. The highest BCUT2D eigenvalue weighted by molar-refractivity contribution is 7.89. The topological polar surface area (TPSA) is 70.8 Å². The van der Waals surface area contributed by atoms with Crippen molar-refractivity contribution in [3.8, 4) is 0 Å². The van der Waals surface area contributed by atoms with E-state index in [0.717, 1.165) is 10.8 Å². The molecule has 1 aromatic heterocycles. The molecular weight excluding hydrogens is 328 g/mol. The van der Waals surface area contributed by atoms with Crippen molar-refractivity contribution in [2.24, 2.45) is 5.92 Å². The minimum Gasteiger partial charge on any atom is -0.451 e. The maximum absolute atomic E-state index is 12.6. The number of hydrogen-bond donors (Lipinski definition) is 0. The third-order valence-electron chi connectivity index (χ3n) is 4.32. The number of carbonyl (C=O) groups excluding carboxylic acids is 1. The van der Waals surface area contributed by atoms with Crippen molar-refractivity contribution in [3.05, 3.63) is 30.0 Å². The Labute approximate surface area is 142 Å². The lowest BCUT2D eigenvalue weighted by Gasteiger charge is -2.19. The van der Waals surface area contributed by atoms with Gasteiger partial charge in [0.15, 0.2) is 5.76 Å². The molecule has 2 aromatic rings. The smallest absolute Gasteiger partial charge is 0.289 e. The van der Waals surface area contributed by atoms with Crippen molar-refractivity contribution in [1.82, 2.24) is 9.21 Å². The summed E-state index contributed by atoms with van der Waals surface area (Å²) in [5.41, 5.74) is 0.513. The van der Waals surface area contributed by atoms with Gasteiger partial charge >= 0.3 is 0 Å². The largest absolute Gasteiger partial charge is 0.451 e. The lowest BCUT2D eigenvalue weighted by atomic mass is 10.2. The fourth-order valence-electron chi connectivity index (χ4n) is 2.62. The molecule has 3 rings (SSSR count). The summed E-state index contributed by atoms with van der Waals surface area (Å²) in [6, 6.07) is 6.26. The Balaban J connectivity index is 1.92. The summed E-state index contributed by atoms with van der Waals surface area (Å²) in [7, 11) is -0.538. The predicted molar refractivity (Wildman–Crippen MR) is 91.4 cm³/mol. The highest BCUT2D eigenvalue weighted by Gasteiger charge is 2.28. The van der Waals surface area contributed by atoms with Gasteiger partial charge in [-0.05, 0) is 49.9 Å². The zero-order valence-electron chi connectivity index (χ0n) is 14.2. The van der Waals surface area contributed by atoms with E-state index < -0.39 is 10.0 Å². The average Bonchev–Trinajstić information content (AvgIpc) is 3.26. The molecule has 1 aromatic carbocycles. The van der Waals surface area contributed by atoms with E-state index in [4.69, 9.17) is 4.42 Å². The lowest BCUT2D eigenvalue weighted by molar-refractivity contribution is 0.0727. The van der Waals surface area contributed by atoms with Gasteiger partial charge in [-0.15, -0.1) is 0 Å². The zero-order chi connectivity index (χ0) is 17.5. The van der Waals surface area contributed by atoms with Crippen LogP contribution in [0.2, 0.25) is 0 Å². The molecule has 0 aliphatic heterocycles. The van der Waals surface area contributed by atoms with Gasteiger partial charge in [0.2, 0.25) is 10.0 Å². The molecule has 24 heavy (non-hydrogen) atoms. The van der Waals surface area contributed by atoms with Gasteiger partial charge in [-0.2, -0.15) is 0 Å². The highest BCUT2D eigenvalue weighted by atomic mass is 32.2. The summed E-state index contributed by atoms with van der Waals surface area (Å²) in [6.07, 6.45) is 2.35. The molecule has 1 aliphatic rings. The molecule has 0 saturated heterocycles. The van der Waals surface area contributed by atoms with E-state index in [2.05, 4.69) is 0 Å². The average molecular weight is 350 g/mol. The van der Waals surface area contributed by atoms with E-state index in [1.165, 1.54) is 33.0 Å². The number of fused-ring (bicyclic) bond motifs is 1. The fraction of sp³-hybridized carbons (Fsp3) is 0.471. The predicted octanol–water partition coefficient (Wildman–Crippen LogP) is 2.56. The van der Waals surface area contributed by atoms with E-state index in [1.807, 2.05) is 6.92 Å². The van der Waals surface area contributed by atoms with Gasteiger partial charge in [-0.3, -0.25) is 4.79 Å². The number of sulfonamides is 1. The van der Waals surface area contributed by atoms with Crippen LogP contribution in [0, 0.1) is 5.92 Å². The van der Waals surface area contributed by atoms with Gasteiger partial charge in [0, 0.05) is 32.6 Å². The van der Waals surface area contributed by atoms with Crippen molar-refractivity contribution in [1.29, 1.82) is 0 Å². The third kappa shape index (κ3) is 3.18. The molecule has 0 radical (unpaired) electrons. The first-order chi connectivity index (χ1) is 11.3. The standard InChI is InChI=1S/C17H22N2O4S/c1-4-19(11-12-5-6-12)17(20)16-10-13-9-14(7-8-15(13)23-16)24(21,22)18(2)3/h7-10,12H,4-6,11H2,1-3H3. The summed E-state index contributed by atoms with van der Waals surface area (Å²) in [5.74, 6) is 0.722. The van der Waals surface area contributed by atoms with E-state index in [9.17, 15) is 13.2 Å². The Bertz CT molecular complexity index is 866. The molecule has 0 N–H and O–H groups in total. The zero-order valence-corrected chi connectivity index (χ0v) is 15.0. The summed E-state index contributed by atoms with van der Waals surface area (Å²) < 4.78 is 31.2. The molecule has 7 heteroatoms. The number of furan rings is 1. The van der Waals surface area contributed by atoms with Crippen LogP contribution in [0.15, 0.2) is 33.6 Å². The highest BCUT2D eigenvalue weighted by Crippen LogP contribution is 2.31. The minimum atomic E-state index is -3.51. The fourth-order valence-corrected chi connectivity index (χ4v) is 3.56. The molecule has 0 spiro atoms. The number of benzene rings is 1. The molecule has 0 atom stereocenters. The molecule has 1 fully saturated rings. The van der Waals surface area contributed by atoms with Crippen molar-refractivity contribution in [3.63, 3.8) is 0 Å². The summed E-state index contributed by atoms with van der Waals surface area (Å²) in [4.78, 5) is 14.6. The van der Waals surface area contributed by atoms with Crippen LogP contribution in [-0.4, -0.2) is 50.7 Å². The van der Waals surface area contributed by atoms with Crippen LogP contribution in [0.5, 0.6) is 0 Å². The Morgan fingerprint density at radius 1 is 1.25 bits per heavy atom. The molecule has 0 bridgehead atoms. The molecule has 0 unspecified atom stereocenters. The van der Waals surface area contributed by atoms with Crippen LogP contribution in [-0.2, 0) is 10.0 Å². The molecule has 1 saturated carbocycles. The maximum atomic E-state index is 12.6. The van der Waals surface area contributed by atoms with Crippen molar-refractivity contribution >= 4 is 26.9 Å². The van der Waals surface area contributed by atoms with Crippen LogP contribution >= 0.6 is 0 Å². The van der Waals surface area contributed by atoms with E-state index in [0.29, 0.717) is 23.4 Å². The normalized spacial score (nSPS) is 15.2. The van der Waals surface area contributed by atoms with E-state index in [1.54, 1.807) is 23.1 Å². The second-order valence-electron chi connectivity index (χ2n) is 6.38. The van der Waals surface area contributed by atoms with Gasteiger partial charge in [-0.1, -0.05) is 0 Å². The van der Waals surface area contributed by atoms with Crippen LogP contribution in [0.3, 0.4) is 0 Å². The first-order valence-electron chi connectivity index (χ1n) is 8.08. The minimum absolute atomic E-state index is 0.141. The Morgan fingerprint density at radius 2 is 1.96 bits per heavy atom. The van der Waals surface area contributed by atoms with E-state index >= 15 is 0 Å². The number of hydrogen-bond acceptors (Lipinski definition) is 4. The summed E-state index contributed by atoms with van der Waals surface area (Å²) in [5, 5.41) is 0.615. The number of rotatable bonds is 6. The van der Waals surface area contributed by atoms with Crippen molar-refractivity contribution < 1.29 is 17.6 Å². The first kappa shape index (κ1) is 17.0. The number of amides is 1. The molecule has 1 amide bonds. The Kier molecular flexibility index (Phi) is 4.40. The van der Waals surface area contributed by atoms with Gasteiger partial charge in [-0.25, -0.2) is 12.7 Å². The van der Waals surface area contributed by atoms with Gasteiger partial charge in [0.05, 0.1) is 4.90 Å². The molecule has 6 nitrogen and oxygen atoms in total. The summed E-state index contributed by atoms with van der Waals surface area (Å²) >= 11 is 0. The van der Waals surface area contributed by atoms with Crippen LogP contribution in [0.4, 0.5) is 0 Å². The van der Waals surface area contributed by atoms with Gasteiger partial charge in [0.25, 0.3) is 5.91 Å². The molecule has 1 heterocycles. The second kappa shape index (κ2) is 6.22. The number of carbonyl (C=O) groups is 1. The van der Waals surface area contributed by atoms with Gasteiger partial charge in [0.1, 0.15) is 5.58 Å². The van der Waals surface area contributed by atoms with E-state index in [-0.39, 0.29) is 16.6 Å². The SMILES string of the molecule is CCN(CC1CC1)C(=O)c1cc2cc(S(=O)(=O)N(C)C)ccc2o1. The summed E-state index contributed by atoms with van der Waals surface area (Å²) in [6.45, 7) is 3.34. The number of nitrogens with zero attached hydrogens (tertiary/aromatic N) is 2.